The molecule has 0 saturated heterocycles. The first-order chi connectivity index (χ1) is 10.2. The molecule has 0 radical (unpaired) electrons. The van der Waals surface area contributed by atoms with Crippen molar-refractivity contribution in [3.05, 3.63) is 77.9 Å². The van der Waals surface area contributed by atoms with E-state index in [-0.39, 0.29) is 11.6 Å². The molecule has 0 spiro atoms. The molecular formula is C15H11FN4O. The zero-order valence-electron chi connectivity index (χ0n) is 11.0. The summed E-state index contributed by atoms with van der Waals surface area (Å²) in [6.07, 6.45) is 5.93. The van der Waals surface area contributed by atoms with Crippen molar-refractivity contribution in [3.8, 4) is 0 Å². The first kappa shape index (κ1) is 13.1. The van der Waals surface area contributed by atoms with Gasteiger partial charge in [-0.2, -0.15) is 5.10 Å². The molecule has 0 aliphatic carbocycles. The number of benzene rings is 1. The third kappa shape index (κ3) is 3.00. The predicted molar refractivity (Wildman–Crippen MR) is 73.2 cm³/mol. The van der Waals surface area contributed by atoms with E-state index < -0.39 is 0 Å². The van der Waals surface area contributed by atoms with Gasteiger partial charge in [0.2, 0.25) is 5.78 Å². The molecule has 3 aromatic rings. The van der Waals surface area contributed by atoms with Gasteiger partial charge < -0.3 is 0 Å². The molecule has 3 rings (SSSR count). The van der Waals surface area contributed by atoms with Crippen LogP contribution in [-0.4, -0.2) is 25.5 Å². The van der Waals surface area contributed by atoms with Crippen molar-refractivity contribution in [3.63, 3.8) is 0 Å². The van der Waals surface area contributed by atoms with Gasteiger partial charge in [0, 0.05) is 18.6 Å². The largest absolute Gasteiger partial charge is 0.287 e. The molecule has 0 aliphatic rings. The minimum Gasteiger partial charge on any atom is -0.287 e. The third-order valence-electron chi connectivity index (χ3n) is 2.93. The number of nitrogens with zero attached hydrogens (tertiary/aromatic N) is 4. The number of hydrogen-bond donors (Lipinski definition) is 0. The molecule has 0 bridgehead atoms. The summed E-state index contributed by atoms with van der Waals surface area (Å²) in [5, 5.41) is 4.20. The quantitative estimate of drug-likeness (QED) is 0.687. The molecule has 2 aromatic heterocycles. The van der Waals surface area contributed by atoms with Crippen LogP contribution < -0.4 is 0 Å². The molecule has 0 unspecified atom stereocenters. The Balaban J connectivity index is 1.79. The smallest absolute Gasteiger partial charge is 0.216 e. The minimum atomic E-state index is -0.294. The fraction of sp³-hybridized carbons (Fsp3) is 0.0667. The van der Waals surface area contributed by atoms with E-state index in [1.165, 1.54) is 30.9 Å². The van der Waals surface area contributed by atoms with Crippen LogP contribution in [0.4, 0.5) is 4.39 Å². The second-order valence-corrected chi connectivity index (χ2v) is 4.48. The monoisotopic (exact) mass is 282 g/mol. The fourth-order valence-corrected chi connectivity index (χ4v) is 1.96. The summed E-state index contributed by atoms with van der Waals surface area (Å²) < 4.78 is 14.7. The third-order valence-corrected chi connectivity index (χ3v) is 2.93. The number of hydrogen-bond acceptors (Lipinski definition) is 4. The van der Waals surface area contributed by atoms with E-state index in [9.17, 15) is 9.18 Å². The Morgan fingerprint density at radius 2 is 2.00 bits per heavy atom. The molecule has 2 heterocycles. The van der Waals surface area contributed by atoms with Gasteiger partial charge in [-0.25, -0.2) is 14.4 Å². The standard InChI is InChI=1S/C15H11FN4O/c16-13-3-1-2-11(6-13)9-20-5-4-14(19-20)15(21)12-7-17-10-18-8-12/h1-8,10H,9H2. The van der Waals surface area contributed by atoms with Crippen LogP contribution in [0.25, 0.3) is 0 Å². The average Bonchev–Trinajstić information content (AvgIpc) is 2.96. The number of halogens is 1. The Labute approximate surface area is 120 Å². The molecule has 0 fully saturated rings. The summed E-state index contributed by atoms with van der Waals surface area (Å²) in [5.41, 5.74) is 1.47. The number of carbonyl (C=O) groups excluding carboxylic acids is 1. The van der Waals surface area contributed by atoms with E-state index in [2.05, 4.69) is 15.1 Å². The SMILES string of the molecule is O=C(c1cncnc1)c1ccn(Cc2cccc(F)c2)n1. The first-order valence-electron chi connectivity index (χ1n) is 6.30. The highest BCUT2D eigenvalue weighted by atomic mass is 19.1. The molecular weight excluding hydrogens is 271 g/mol. The summed E-state index contributed by atoms with van der Waals surface area (Å²) in [4.78, 5) is 19.8. The van der Waals surface area contributed by atoms with Crippen LogP contribution in [0.5, 0.6) is 0 Å². The van der Waals surface area contributed by atoms with Gasteiger partial charge in [-0.1, -0.05) is 12.1 Å². The number of ketones is 1. The average molecular weight is 282 g/mol. The number of aromatic nitrogens is 4. The maximum absolute atomic E-state index is 13.1. The van der Waals surface area contributed by atoms with Gasteiger partial charge in [-0.05, 0) is 23.8 Å². The maximum Gasteiger partial charge on any atom is 0.216 e. The molecule has 0 atom stereocenters. The fourth-order valence-electron chi connectivity index (χ4n) is 1.96. The van der Waals surface area contributed by atoms with E-state index >= 15 is 0 Å². The summed E-state index contributed by atoms with van der Waals surface area (Å²) in [5.74, 6) is -0.536. The van der Waals surface area contributed by atoms with Crippen LogP contribution >= 0.6 is 0 Å². The van der Waals surface area contributed by atoms with E-state index in [0.717, 1.165) is 5.56 Å². The van der Waals surface area contributed by atoms with Crippen LogP contribution in [-0.2, 0) is 6.54 Å². The topological polar surface area (TPSA) is 60.7 Å². The van der Waals surface area contributed by atoms with Gasteiger partial charge >= 0.3 is 0 Å². The molecule has 0 N–H and O–H groups in total. The van der Waals surface area contributed by atoms with Crippen LogP contribution in [0.15, 0.2) is 55.2 Å². The lowest BCUT2D eigenvalue weighted by Gasteiger charge is -2.02. The van der Waals surface area contributed by atoms with Gasteiger partial charge in [0.15, 0.2) is 0 Å². The lowest BCUT2D eigenvalue weighted by molar-refractivity contribution is 0.103. The van der Waals surface area contributed by atoms with Crippen LogP contribution in [0.1, 0.15) is 21.6 Å². The zero-order chi connectivity index (χ0) is 14.7. The zero-order valence-corrected chi connectivity index (χ0v) is 11.0. The predicted octanol–water partition coefficient (Wildman–Crippen LogP) is 2.09. The molecule has 6 heteroatoms. The second kappa shape index (κ2) is 5.62. The van der Waals surface area contributed by atoms with Crippen LogP contribution in [0.2, 0.25) is 0 Å². The van der Waals surface area contributed by atoms with Crippen molar-refractivity contribution >= 4 is 5.78 Å². The lowest BCUT2D eigenvalue weighted by Crippen LogP contribution is -2.06. The van der Waals surface area contributed by atoms with Gasteiger partial charge in [-0.15, -0.1) is 0 Å². The van der Waals surface area contributed by atoms with Crippen molar-refractivity contribution in [2.45, 2.75) is 6.54 Å². The Kier molecular flexibility index (Phi) is 3.51. The second-order valence-electron chi connectivity index (χ2n) is 4.48. The summed E-state index contributed by atoms with van der Waals surface area (Å²) in [6.45, 7) is 0.399. The van der Waals surface area contributed by atoms with Crippen molar-refractivity contribution in [2.75, 3.05) is 0 Å². The maximum atomic E-state index is 13.1. The summed E-state index contributed by atoms with van der Waals surface area (Å²) >= 11 is 0. The van der Waals surface area contributed by atoms with Crippen molar-refractivity contribution in [1.82, 2.24) is 19.7 Å². The van der Waals surface area contributed by atoms with E-state index in [0.29, 0.717) is 17.8 Å². The van der Waals surface area contributed by atoms with Gasteiger partial charge in [0.25, 0.3) is 0 Å². The first-order valence-corrected chi connectivity index (χ1v) is 6.30. The minimum absolute atomic E-state index is 0.242. The summed E-state index contributed by atoms with van der Waals surface area (Å²) in [7, 11) is 0. The van der Waals surface area contributed by atoms with E-state index in [1.54, 1.807) is 29.1 Å². The van der Waals surface area contributed by atoms with Crippen molar-refractivity contribution in [2.24, 2.45) is 0 Å². The highest BCUT2D eigenvalue weighted by molar-refractivity contribution is 6.07. The van der Waals surface area contributed by atoms with Crippen LogP contribution in [0, 0.1) is 5.82 Å². The summed E-state index contributed by atoms with van der Waals surface area (Å²) in [6, 6.07) is 7.89. The molecule has 104 valence electrons. The number of carbonyl (C=O) groups is 1. The van der Waals surface area contributed by atoms with Crippen molar-refractivity contribution in [1.29, 1.82) is 0 Å². The molecule has 0 saturated carbocycles. The Hall–Kier alpha value is -2.89. The molecule has 1 aromatic carbocycles. The van der Waals surface area contributed by atoms with E-state index in [4.69, 9.17) is 0 Å². The van der Waals surface area contributed by atoms with E-state index in [1.807, 2.05) is 0 Å². The normalized spacial score (nSPS) is 10.5. The Morgan fingerprint density at radius 1 is 1.19 bits per heavy atom. The molecule has 5 nitrogen and oxygen atoms in total. The number of rotatable bonds is 4. The highest BCUT2D eigenvalue weighted by Gasteiger charge is 2.12. The molecule has 0 amide bonds. The highest BCUT2D eigenvalue weighted by Crippen LogP contribution is 2.08. The Bertz CT molecular complexity index is 770. The lowest BCUT2D eigenvalue weighted by atomic mass is 10.2. The van der Waals surface area contributed by atoms with Crippen molar-refractivity contribution < 1.29 is 9.18 Å². The van der Waals surface area contributed by atoms with Crippen LogP contribution in [0.3, 0.4) is 0 Å². The van der Waals surface area contributed by atoms with Gasteiger partial charge in [-0.3, -0.25) is 9.48 Å². The molecule has 0 aliphatic heterocycles. The molecule has 21 heavy (non-hydrogen) atoms. The Morgan fingerprint density at radius 3 is 2.76 bits per heavy atom. The van der Waals surface area contributed by atoms with Gasteiger partial charge in [0.05, 0.1) is 12.1 Å². The van der Waals surface area contributed by atoms with Gasteiger partial charge in [0.1, 0.15) is 17.8 Å².